The molecule has 1 saturated carbocycles. The highest BCUT2D eigenvalue weighted by Gasteiger charge is 2.21. The minimum absolute atomic E-state index is 0.0163. The standard InChI is InChI=1S/C12H15BrN2O/c1-8-2-3-10(6-11(8)13)15-12(16)7-14-9-4-5-9/h2-3,6,9,14H,4-5,7H2,1H3,(H,15,16). The van der Waals surface area contributed by atoms with E-state index < -0.39 is 0 Å². The fourth-order valence-electron chi connectivity index (χ4n) is 1.40. The van der Waals surface area contributed by atoms with Gasteiger partial charge in [-0.25, -0.2) is 0 Å². The molecule has 2 N–H and O–H groups in total. The number of halogens is 1. The number of anilines is 1. The Kier molecular flexibility index (Phi) is 3.61. The number of carbonyl (C=O) groups excluding carboxylic acids is 1. The van der Waals surface area contributed by atoms with Crippen molar-refractivity contribution in [3.63, 3.8) is 0 Å². The van der Waals surface area contributed by atoms with Crippen LogP contribution in [0.5, 0.6) is 0 Å². The van der Waals surface area contributed by atoms with Gasteiger partial charge < -0.3 is 10.6 Å². The van der Waals surface area contributed by atoms with Crippen LogP contribution in [0.2, 0.25) is 0 Å². The zero-order valence-corrected chi connectivity index (χ0v) is 10.8. The Balaban J connectivity index is 1.86. The first-order valence-corrected chi connectivity index (χ1v) is 6.24. The van der Waals surface area contributed by atoms with E-state index in [1.54, 1.807) is 0 Å². The van der Waals surface area contributed by atoms with Gasteiger partial charge in [-0.3, -0.25) is 4.79 Å². The lowest BCUT2D eigenvalue weighted by molar-refractivity contribution is -0.115. The van der Waals surface area contributed by atoms with Gasteiger partial charge in [-0.2, -0.15) is 0 Å². The second kappa shape index (κ2) is 4.97. The van der Waals surface area contributed by atoms with E-state index in [0.717, 1.165) is 15.7 Å². The molecule has 0 aliphatic heterocycles. The summed E-state index contributed by atoms with van der Waals surface area (Å²) in [6.07, 6.45) is 2.40. The van der Waals surface area contributed by atoms with E-state index in [9.17, 15) is 4.79 Å². The van der Waals surface area contributed by atoms with E-state index in [-0.39, 0.29) is 5.91 Å². The zero-order chi connectivity index (χ0) is 11.5. The van der Waals surface area contributed by atoms with Crippen molar-refractivity contribution >= 4 is 27.5 Å². The van der Waals surface area contributed by atoms with Crippen LogP contribution >= 0.6 is 15.9 Å². The Morgan fingerprint density at radius 3 is 2.88 bits per heavy atom. The van der Waals surface area contributed by atoms with Gasteiger partial charge in [0, 0.05) is 16.2 Å². The fraction of sp³-hybridized carbons (Fsp3) is 0.417. The fourth-order valence-corrected chi connectivity index (χ4v) is 1.78. The highest BCUT2D eigenvalue weighted by atomic mass is 79.9. The van der Waals surface area contributed by atoms with Crippen LogP contribution < -0.4 is 10.6 Å². The van der Waals surface area contributed by atoms with Gasteiger partial charge in [-0.15, -0.1) is 0 Å². The van der Waals surface area contributed by atoms with E-state index in [1.165, 1.54) is 12.8 Å². The average molecular weight is 283 g/mol. The Morgan fingerprint density at radius 2 is 2.25 bits per heavy atom. The highest BCUT2D eigenvalue weighted by molar-refractivity contribution is 9.10. The molecule has 1 aliphatic rings. The summed E-state index contributed by atoms with van der Waals surface area (Å²) < 4.78 is 1.01. The van der Waals surface area contributed by atoms with E-state index >= 15 is 0 Å². The SMILES string of the molecule is Cc1ccc(NC(=O)CNC2CC2)cc1Br. The van der Waals surface area contributed by atoms with Crippen LogP contribution in [-0.2, 0) is 4.79 Å². The van der Waals surface area contributed by atoms with Crippen molar-refractivity contribution in [2.75, 3.05) is 11.9 Å². The molecule has 0 saturated heterocycles. The van der Waals surface area contributed by atoms with Crippen molar-refractivity contribution in [2.24, 2.45) is 0 Å². The summed E-state index contributed by atoms with van der Waals surface area (Å²) in [7, 11) is 0. The van der Waals surface area contributed by atoms with Crippen LogP contribution in [0.3, 0.4) is 0 Å². The molecule has 0 aromatic heterocycles. The van der Waals surface area contributed by atoms with Crippen molar-refractivity contribution < 1.29 is 4.79 Å². The number of amides is 1. The number of carbonyl (C=O) groups is 1. The molecule has 2 rings (SSSR count). The summed E-state index contributed by atoms with van der Waals surface area (Å²) in [5.41, 5.74) is 1.99. The highest BCUT2D eigenvalue weighted by Crippen LogP contribution is 2.21. The third-order valence-corrected chi connectivity index (χ3v) is 3.44. The van der Waals surface area contributed by atoms with Gasteiger partial charge in [0.25, 0.3) is 0 Å². The summed E-state index contributed by atoms with van der Waals surface area (Å²) in [6.45, 7) is 2.42. The summed E-state index contributed by atoms with van der Waals surface area (Å²) in [5.74, 6) is 0.0163. The Bertz CT molecular complexity index is 402. The lowest BCUT2D eigenvalue weighted by Crippen LogP contribution is -2.29. The number of nitrogens with one attached hydrogen (secondary N) is 2. The molecule has 16 heavy (non-hydrogen) atoms. The van der Waals surface area contributed by atoms with Crippen molar-refractivity contribution in [3.8, 4) is 0 Å². The molecular weight excluding hydrogens is 268 g/mol. The summed E-state index contributed by atoms with van der Waals surface area (Å²) in [5, 5.41) is 6.04. The summed E-state index contributed by atoms with van der Waals surface area (Å²) in [6, 6.07) is 6.38. The maximum atomic E-state index is 11.6. The van der Waals surface area contributed by atoms with Crippen molar-refractivity contribution in [1.29, 1.82) is 0 Å². The summed E-state index contributed by atoms with van der Waals surface area (Å²) in [4.78, 5) is 11.6. The van der Waals surface area contributed by atoms with Crippen LogP contribution in [-0.4, -0.2) is 18.5 Å². The predicted octanol–water partition coefficient (Wildman–Crippen LogP) is 2.45. The molecule has 0 unspecified atom stereocenters. The largest absolute Gasteiger partial charge is 0.325 e. The van der Waals surface area contributed by atoms with Crippen LogP contribution in [0.1, 0.15) is 18.4 Å². The van der Waals surface area contributed by atoms with Gasteiger partial charge in [0.1, 0.15) is 0 Å². The molecule has 0 heterocycles. The van der Waals surface area contributed by atoms with Crippen molar-refractivity contribution in [2.45, 2.75) is 25.8 Å². The normalized spacial score (nSPS) is 14.9. The monoisotopic (exact) mass is 282 g/mol. The molecule has 0 spiro atoms. The molecule has 0 radical (unpaired) electrons. The van der Waals surface area contributed by atoms with E-state index in [4.69, 9.17) is 0 Å². The lowest BCUT2D eigenvalue weighted by Gasteiger charge is -2.07. The summed E-state index contributed by atoms with van der Waals surface area (Å²) >= 11 is 3.44. The van der Waals surface area contributed by atoms with Gasteiger partial charge in [0.05, 0.1) is 6.54 Å². The van der Waals surface area contributed by atoms with E-state index in [2.05, 4.69) is 26.6 Å². The third kappa shape index (κ3) is 3.32. The molecule has 1 aromatic rings. The van der Waals surface area contributed by atoms with Crippen LogP contribution in [0.4, 0.5) is 5.69 Å². The molecule has 1 aromatic carbocycles. The average Bonchev–Trinajstić information content (AvgIpc) is 3.04. The molecule has 0 atom stereocenters. The molecule has 86 valence electrons. The molecule has 1 aliphatic carbocycles. The maximum Gasteiger partial charge on any atom is 0.238 e. The van der Waals surface area contributed by atoms with Gasteiger partial charge in [-0.05, 0) is 37.5 Å². The third-order valence-electron chi connectivity index (χ3n) is 2.58. The predicted molar refractivity (Wildman–Crippen MR) is 68.5 cm³/mol. The van der Waals surface area contributed by atoms with Crippen LogP contribution in [0, 0.1) is 6.92 Å². The molecule has 0 bridgehead atoms. The molecule has 1 amide bonds. The number of hydrogen-bond donors (Lipinski definition) is 2. The molecule has 3 nitrogen and oxygen atoms in total. The molecule has 1 fully saturated rings. The van der Waals surface area contributed by atoms with Gasteiger partial charge >= 0.3 is 0 Å². The second-order valence-corrected chi connectivity index (χ2v) is 5.02. The van der Waals surface area contributed by atoms with E-state index in [0.29, 0.717) is 12.6 Å². The number of aryl methyl sites for hydroxylation is 1. The van der Waals surface area contributed by atoms with Crippen LogP contribution in [0.25, 0.3) is 0 Å². The lowest BCUT2D eigenvalue weighted by atomic mass is 10.2. The van der Waals surface area contributed by atoms with Crippen molar-refractivity contribution in [1.82, 2.24) is 5.32 Å². The smallest absolute Gasteiger partial charge is 0.238 e. The topological polar surface area (TPSA) is 41.1 Å². The first-order valence-electron chi connectivity index (χ1n) is 5.44. The molecule has 4 heteroatoms. The first kappa shape index (κ1) is 11.6. The Morgan fingerprint density at radius 1 is 1.50 bits per heavy atom. The second-order valence-electron chi connectivity index (χ2n) is 4.17. The van der Waals surface area contributed by atoms with Gasteiger partial charge in [0.2, 0.25) is 5.91 Å². The zero-order valence-electron chi connectivity index (χ0n) is 9.22. The van der Waals surface area contributed by atoms with E-state index in [1.807, 2.05) is 25.1 Å². The first-order chi connectivity index (χ1) is 7.65. The minimum atomic E-state index is 0.0163. The van der Waals surface area contributed by atoms with Gasteiger partial charge in [0.15, 0.2) is 0 Å². The van der Waals surface area contributed by atoms with Gasteiger partial charge in [-0.1, -0.05) is 22.0 Å². The Labute approximate surface area is 104 Å². The number of hydrogen-bond acceptors (Lipinski definition) is 2. The number of rotatable bonds is 4. The van der Waals surface area contributed by atoms with Crippen molar-refractivity contribution in [3.05, 3.63) is 28.2 Å². The number of benzene rings is 1. The molecular formula is C12H15BrN2O. The maximum absolute atomic E-state index is 11.6. The quantitative estimate of drug-likeness (QED) is 0.891. The minimum Gasteiger partial charge on any atom is -0.325 e. The Hall–Kier alpha value is -0.870. The van der Waals surface area contributed by atoms with Crippen LogP contribution in [0.15, 0.2) is 22.7 Å².